The van der Waals surface area contributed by atoms with Crippen LogP contribution < -0.4 is 0 Å². The standard InChI is InChI=1S/C8H12O3/c1-3-9-5-7-8(11-7)6-10-4-2/h3-4,7-8H,1-2,5-6H2. The zero-order chi connectivity index (χ0) is 8.10. The molecule has 0 bridgehead atoms. The molecule has 2 unspecified atom stereocenters. The largest absolute Gasteiger partial charge is 0.499 e. The Hall–Kier alpha value is -0.960. The molecule has 0 N–H and O–H groups in total. The second kappa shape index (κ2) is 4.03. The number of ether oxygens (including phenoxy) is 3. The van der Waals surface area contributed by atoms with Gasteiger partial charge in [0.1, 0.15) is 25.4 Å². The lowest BCUT2D eigenvalue weighted by atomic mass is 10.3. The zero-order valence-corrected chi connectivity index (χ0v) is 6.36. The normalized spacial score (nSPS) is 27.3. The minimum absolute atomic E-state index is 0.174. The molecule has 0 amide bonds. The molecule has 0 saturated carbocycles. The van der Waals surface area contributed by atoms with E-state index in [9.17, 15) is 0 Å². The molecule has 1 heterocycles. The third kappa shape index (κ3) is 2.63. The monoisotopic (exact) mass is 156 g/mol. The summed E-state index contributed by atoms with van der Waals surface area (Å²) in [6.07, 6.45) is 3.17. The Morgan fingerprint density at radius 3 is 1.91 bits per heavy atom. The number of hydrogen-bond acceptors (Lipinski definition) is 3. The first-order valence-electron chi connectivity index (χ1n) is 3.49. The van der Waals surface area contributed by atoms with Gasteiger partial charge in [0.15, 0.2) is 0 Å². The van der Waals surface area contributed by atoms with Crippen LogP contribution in [-0.2, 0) is 14.2 Å². The van der Waals surface area contributed by atoms with Gasteiger partial charge >= 0.3 is 0 Å². The maximum atomic E-state index is 5.18. The van der Waals surface area contributed by atoms with Gasteiger partial charge in [-0.15, -0.1) is 0 Å². The molecule has 0 radical (unpaired) electrons. The molecular formula is C8H12O3. The van der Waals surface area contributed by atoms with Crippen LogP contribution in [0.5, 0.6) is 0 Å². The molecule has 0 aromatic rings. The van der Waals surface area contributed by atoms with Crippen LogP contribution in [0.1, 0.15) is 0 Å². The number of epoxide rings is 1. The first-order chi connectivity index (χ1) is 5.38. The fourth-order valence-electron chi connectivity index (χ4n) is 0.798. The van der Waals surface area contributed by atoms with E-state index in [4.69, 9.17) is 14.2 Å². The molecule has 1 saturated heterocycles. The summed E-state index contributed by atoms with van der Waals surface area (Å²) in [6.45, 7) is 7.97. The molecule has 1 fully saturated rings. The predicted molar refractivity (Wildman–Crippen MR) is 41.0 cm³/mol. The van der Waals surface area contributed by atoms with Gasteiger partial charge in [-0.2, -0.15) is 0 Å². The van der Waals surface area contributed by atoms with E-state index in [2.05, 4.69) is 13.2 Å². The molecule has 11 heavy (non-hydrogen) atoms. The zero-order valence-electron chi connectivity index (χ0n) is 6.36. The fraction of sp³-hybridized carbons (Fsp3) is 0.500. The Bertz CT molecular complexity index is 128. The summed E-state index contributed by atoms with van der Waals surface area (Å²) in [6, 6.07) is 0. The van der Waals surface area contributed by atoms with Gasteiger partial charge in [0.25, 0.3) is 0 Å². The highest BCUT2D eigenvalue weighted by Crippen LogP contribution is 2.22. The summed E-state index contributed by atoms with van der Waals surface area (Å²) in [5.41, 5.74) is 0. The Morgan fingerprint density at radius 2 is 1.55 bits per heavy atom. The Morgan fingerprint density at radius 1 is 1.09 bits per heavy atom. The predicted octanol–water partition coefficient (Wildman–Crippen LogP) is 1.07. The van der Waals surface area contributed by atoms with E-state index in [1.807, 2.05) is 0 Å². The van der Waals surface area contributed by atoms with E-state index in [0.717, 1.165) is 0 Å². The summed E-state index contributed by atoms with van der Waals surface area (Å²) >= 11 is 0. The van der Waals surface area contributed by atoms with Crippen LogP contribution in [0.4, 0.5) is 0 Å². The molecule has 3 nitrogen and oxygen atoms in total. The third-order valence-corrected chi connectivity index (χ3v) is 1.44. The Labute approximate surface area is 66.2 Å². The third-order valence-electron chi connectivity index (χ3n) is 1.44. The first kappa shape index (κ1) is 8.14. The number of rotatable bonds is 6. The van der Waals surface area contributed by atoms with Crippen LogP contribution in [-0.4, -0.2) is 25.4 Å². The highest BCUT2D eigenvalue weighted by Gasteiger charge is 2.39. The lowest BCUT2D eigenvalue weighted by Crippen LogP contribution is -2.05. The van der Waals surface area contributed by atoms with E-state index >= 15 is 0 Å². The molecule has 1 rings (SSSR count). The van der Waals surface area contributed by atoms with Crippen molar-refractivity contribution >= 4 is 0 Å². The minimum Gasteiger partial charge on any atom is -0.499 e. The van der Waals surface area contributed by atoms with Crippen LogP contribution in [0.3, 0.4) is 0 Å². The maximum absolute atomic E-state index is 5.18. The van der Waals surface area contributed by atoms with Crippen molar-refractivity contribution in [1.29, 1.82) is 0 Å². The quantitative estimate of drug-likeness (QED) is 0.426. The molecule has 0 aromatic carbocycles. The fourth-order valence-corrected chi connectivity index (χ4v) is 0.798. The van der Waals surface area contributed by atoms with Crippen LogP contribution in [0, 0.1) is 0 Å². The molecule has 0 aromatic heterocycles. The van der Waals surface area contributed by atoms with Gasteiger partial charge in [-0.1, -0.05) is 13.2 Å². The van der Waals surface area contributed by atoms with Crippen molar-refractivity contribution in [2.45, 2.75) is 12.2 Å². The summed E-state index contributed by atoms with van der Waals surface area (Å²) in [4.78, 5) is 0. The van der Waals surface area contributed by atoms with Gasteiger partial charge in [0.05, 0.1) is 12.5 Å². The average molecular weight is 156 g/mol. The van der Waals surface area contributed by atoms with E-state index in [1.165, 1.54) is 12.5 Å². The van der Waals surface area contributed by atoms with Crippen molar-refractivity contribution in [3.05, 3.63) is 25.7 Å². The van der Waals surface area contributed by atoms with E-state index in [1.54, 1.807) is 0 Å². The highest BCUT2D eigenvalue weighted by atomic mass is 16.6. The van der Waals surface area contributed by atoms with E-state index < -0.39 is 0 Å². The van der Waals surface area contributed by atoms with E-state index in [-0.39, 0.29) is 12.2 Å². The molecule has 3 heteroatoms. The molecule has 2 atom stereocenters. The molecule has 0 spiro atoms. The summed E-state index contributed by atoms with van der Waals surface area (Å²) in [5, 5.41) is 0. The van der Waals surface area contributed by atoms with Crippen LogP contribution in [0.15, 0.2) is 25.7 Å². The lowest BCUT2D eigenvalue weighted by molar-refractivity contribution is 0.202. The van der Waals surface area contributed by atoms with Crippen LogP contribution in [0.25, 0.3) is 0 Å². The summed E-state index contributed by atoms with van der Waals surface area (Å²) in [5.74, 6) is 0. The van der Waals surface area contributed by atoms with Gasteiger partial charge in [-0.05, 0) is 0 Å². The average Bonchev–Trinajstić information content (AvgIpc) is 2.76. The van der Waals surface area contributed by atoms with Crippen molar-refractivity contribution in [1.82, 2.24) is 0 Å². The van der Waals surface area contributed by atoms with Gasteiger partial charge in [0, 0.05) is 0 Å². The van der Waals surface area contributed by atoms with Crippen LogP contribution in [0.2, 0.25) is 0 Å². The van der Waals surface area contributed by atoms with Gasteiger partial charge in [-0.25, -0.2) is 0 Å². The Kier molecular flexibility index (Phi) is 2.98. The molecule has 0 aliphatic carbocycles. The Balaban J connectivity index is 1.97. The maximum Gasteiger partial charge on any atom is 0.122 e. The summed E-state index contributed by atoms with van der Waals surface area (Å²) in [7, 11) is 0. The smallest absolute Gasteiger partial charge is 0.122 e. The SMILES string of the molecule is C=COCC1OC1COC=C. The summed E-state index contributed by atoms with van der Waals surface area (Å²) < 4.78 is 15.0. The van der Waals surface area contributed by atoms with E-state index in [0.29, 0.717) is 13.2 Å². The van der Waals surface area contributed by atoms with Crippen molar-refractivity contribution in [2.24, 2.45) is 0 Å². The van der Waals surface area contributed by atoms with Gasteiger partial charge in [0.2, 0.25) is 0 Å². The minimum atomic E-state index is 0.174. The first-order valence-corrected chi connectivity index (χ1v) is 3.49. The van der Waals surface area contributed by atoms with Crippen molar-refractivity contribution in [2.75, 3.05) is 13.2 Å². The second-order valence-corrected chi connectivity index (χ2v) is 2.21. The van der Waals surface area contributed by atoms with Crippen LogP contribution >= 0.6 is 0 Å². The topological polar surface area (TPSA) is 31.0 Å². The van der Waals surface area contributed by atoms with Gasteiger partial charge in [-0.3, -0.25) is 0 Å². The molecular weight excluding hydrogens is 144 g/mol. The van der Waals surface area contributed by atoms with Crippen molar-refractivity contribution in [3.8, 4) is 0 Å². The molecule has 1 aliphatic heterocycles. The molecule has 1 aliphatic rings. The number of hydrogen-bond donors (Lipinski definition) is 0. The second-order valence-electron chi connectivity index (χ2n) is 2.21. The highest BCUT2D eigenvalue weighted by molar-refractivity contribution is 4.85. The van der Waals surface area contributed by atoms with Crippen molar-refractivity contribution in [3.63, 3.8) is 0 Å². The van der Waals surface area contributed by atoms with Gasteiger partial charge < -0.3 is 14.2 Å². The van der Waals surface area contributed by atoms with Crippen molar-refractivity contribution < 1.29 is 14.2 Å². The molecule has 62 valence electrons. The lowest BCUT2D eigenvalue weighted by Gasteiger charge is -1.95.